The van der Waals surface area contributed by atoms with Crippen LogP contribution in [0.2, 0.25) is 0 Å². The molecule has 0 aromatic carbocycles. The van der Waals surface area contributed by atoms with Crippen molar-refractivity contribution in [2.45, 2.75) is 398 Å². The Kier molecular flexibility index (Phi) is 67.4. The molecule has 0 aliphatic rings. The molecule has 3 N–H and O–H groups in total. The van der Waals surface area contributed by atoms with Gasteiger partial charge in [-0.3, -0.25) is 9.59 Å². The molecule has 2 atom stereocenters. The summed E-state index contributed by atoms with van der Waals surface area (Å²) in [6, 6.07) is -0.549. The van der Waals surface area contributed by atoms with Gasteiger partial charge in [0.05, 0.1) is 25.4 Å². The smallest absolute Gasteiger partial charge is 0.305 e. The van der Waals surface area contributed by atoms with Crippen LogP contribution in [0.4, 0.5) is 0 Å². The quantitative estimate of drug-likeness (QED) is 0.0320. The van der Waals surface area contributed by atoms with E-state index in [-0.39, 0.29) is 18.5 Å². The lowest BCUT2D eigenvalue weighted by Crippen LogP contribution is -2.45. The number of hydrogen-bond acceptors (Lipinski definition) is 5. The van der Waals surface area contributed by atoms with Crippen LogP contribution in [0.25, 0.3) is 0 Å². The number of esters is 1. The molecule has 0 heterocycles. The number of ether oxygens (including phenoxy) is 1. The highest BCUT2D eigenvalue weighted by molar-refractivity contribution is 5.76. The molecule has 0 aromatic heterocycles. The van der Waals surface area contributed by atoms with Crippen molar-refractivity contribution in [1.82, 2.24) is 5.32 Å². The number of amides is 1. The molecule has 0 rings (SSSR count). The van der Waals surface area contributed by atoms with Crippen LogP contribution in [-0.4, -0.2) is 47.4 Å². The fraction of sp³-hybridized carbons (Fsp3) is 0.865. The number of carbonyl (C=O) groups is 2. The van der Waals surface area contributed by atoms with Gasteiger partial charge in [0.25, 0.3) is 0 Å². The van der Waals surface area contributed by atoms with Gasteiger partial charge < -0.3 is 20.3 Å². The molecule has 0 spiro atoms. The molecule has 0 radical (unpaired) electrons. The van der Waals surface area contributed by atoms with E-state index in [2.05, 4.69) is 67.8 Å². The third-order valence-corrected chi connectivity index (χ3v) is 16.6. The summed E-state index contributed by atoms with van der Waals surface area (Å²) in [4.78, 5) is 24.6. The maximum Gasteiger partial charge on any atom is 0.305 e. The predicted molar refractivity (Wildman–Crippen MR) is 352 cm³/mol. The van der Waals surface area contributed by atoms with E-state index in [1.807, 2.05) is 0 Å². The lowest BCUT2D eigenvalue weighted by Gasteiger charge is -2.22. The van der Waals surface area contributed by atoms with Gasteiger partial charge in [0.15, 0.2) is 0 Å². The van der Waals surface area contributed by atoms with Gasteiger partial charge in [-0.05, 0) is 83.5 Å². The van der Waals surface area contributed by atoms with E-state index in [0.29, 0.717) is 25.9 Å². The highest BCUT2D eigenvalue weighted by Gasteiger charge is 2.20. The van der Waals surface area contributed by atoms with Crippen LogP contribution in [-0.2, 0) is 14.3 Å². The van der Waals surface area contributed by atoms with Gasteiger partial charge in [0, 0.05) is 12.8 Å². The van der Waals surface area contributed by atoms with E-state index < -0.39 is 12.1 Å². The SMILES string of the molecule is CCC/C=C\C/C=C\CCCCCCCC(=O)OCCCCCCCCCCC/C=C\C/C=C\CCCCCCCCCCCC(=O)NC(CO)C(O)CCCCCCCCCCCCCCCCCCCCCCCCCCC. The van der Waals surface area contributed by atoms with E-state index in [1.54, 1.807) is 0 Å². The Hall–Kier alpha value is -2.18. The van der Waals surface area contributed by atoms with Gasteiger partial charge in [-0.1, -0.05) is 339 Å². The van der Waals surface area contributed by atoms with Gasteiger partial charge in [-0.15, -0.1) is 0 Å². The normalized spacial score (nSPS) is 12.8. The van der Waals surface area contributed by atoms with Crippen molar-refractivity contribution in [3.63, 3.8) is 0 Å². The first-order chi connectivity index (χ1) is 39.5. The minimum Gasteiger partial charge on any atom is -0.466 e. The molecule has 6 nitrogen and oxygen atoms in total. The van der Waals surface area contributed by atoms with Crippen LogP contribution in [0.1, 0.15) is 386 Å². The van der Waals surface area contributed by atoms with Crippen molar-refractivity contribution in [2.24, 2.45) is 0 Å². The van der Waals surface area contributed by atoms with Crippen molar-refractivity contribution in [1.29, 1.82) is 0 Å². The molecule has 0 saturated carbocycles. The lowest BCUT2D eigenvalue weighted by atomic mass is 10.0. The fourth-order valence-corrected chi connectivity index (χ4v) is 11.1. The summed E-state index contributed by atoms with van der Waals surface area (Å²) in [5, 5.41) is 23.4. The second-order valence-electron chi connectivity index (χ2n) is 24.6. The highest BCUT2D eigenvalue weighted by atomic mass is 16.5. The van der Waals surface area contributed by atoms with Gasteiger partial charge in [-0.25, -0.2) is 0 Å². The first-order valence-electron chi connectivity index (χ1n) is 35.9. The Labute approximate surface area is 499 Å². The average molecular weight is 1120 g/mol. The molecule has 80 heavy (non-hydrogen) atoms. The van der Waals surface area contributed by atoms with Gasteiger partial charge in [0.2, 0.25) is 5.91 Å². The fourth-order valence-electron chi connectivity index (χ4n) is 11.1. The van der Waals surface area contributed by atoms with Crippen molar-refractivity contribution in [2.75, 3.05) is 13.2 Å². The maximum absolute atomic E-state index is 12.6. The van der Waals surface area contributed by atoms with Crippen molar-refractivity contribution in [3.05, 3.63) is 48.6 Å². The Bertz CT molecular complexity index is 1340. The van der Waals surface area contributed by atoms with Crippen LogP contribution < -0.4 is 5.32 Å². The van der Waals surface area contributed by atoms with Crippen molar-refractivity contribution in [3.8, 4) is 0 Å². The van der Waals surface area contributed by atoms with E-state index >= 15 is 0 Å². The molecule has 1 amide bonds. The number of aliphatic hydroxyl groups excluding tert-OH is 2. The number of nitrogens with one attached hydrogen (secondary N) is 1. The second-order valence-corrected chi connectivity index (χ2v) is 24.6. The second kappa shape index (κ2) is 69.3. The Morgan fingerprint density at radius 3 is 1.00 bits per heavy atom. The largest absolute Gasteiger partial charge is 0.466 e. The van der Waals surface area contributed by atoms with Crippen LogP contribution in [0.15, 0.2) is 48.6 Å². The molecule has 0 bridgehead atoms. The zero-order chi connectivity index (χ0) is 57.8. The first kappa shape index (κ1) is 77.8. The highest BCUT2D eigenvalue weighted by Crippen LogP contribution is 2.19. The number of unbranched alkanes of at least 4 members (excludes halogenated alkanes) is 48. The van der Waals surface area contributed by atoms with Crippen LogP contribution in [0.5, 0.6) is 0 Å². The third-order valence-electron chi connectivity index (χ3n) is 16.6. The van der Waals surface area contributed by atoms with Gasteiger partial charge >= 0.3 is 5.97 Å². The predicted octanol–water partition coefficient (Wildman–Crippen LogP) is 23.3. The molecule has 0 fully saturated rings. The number of rotatable bonds is 67. The zero-order valence-electron chi connectivity index (χ0n) is 53.8. The minimum atomic E-state index is -0.671. The monoisotopic (exact) mass is 1120 g/mol. The summed E-state index contributed by atoms with van der Waals surface area (Å²) >= 11 is 0. The Morgan fingerprint density at radius 2 is 0.650 bits per heavy atom. The molecule has 0 aliphatic heterocycles. The summed E-state index contributed by atoms with van der Waals surface area (Å²) in [7, 11) is 0. The molecule has 0 saturated heterocycles. The minimum absolute atomic E-state index is 0.00609. The Balaban J connectivity index is 3.44. The van der Waals surface area contributed by atoms with E-state index in [0.717, 1.165) is 57.8 Å². The number of hydrogen-bond donors (Lipinski definition) is 3. The topological polar surface area (TPSA) is 95.9 Å². The zero-order valence-corrected chi connectivity index (χ0v) is 53.8. The third kappa shape index (κ3) is 65.0. The van der Waals surface area contributed by atoms with Crippen LogP contribution >= 0.6 is 0 Å². The molecule has 6 heteroatoms. The molecular weight excluding hydrogens is 983 g/mol. The standard InChI is InChI=1S/C74H139NO5/c1-3-5-7-9-11-13-15-17-18-19-20-21-22-24-27-30-33-36-39-43-46-50-54-58-62-66-72(77)71(70-76)75-73(78)67-63-59-55-51-47-44-40-37-34-31-28-25-23-26-29-32-35-38-41-45-49-53-57-61-65-69-80-74(79)68-64-60-56-52-48-42-16-14-12-10-8-6-4-2/h8,10,14,16,25-26,28-29,71-72,76-77H,3-7,9,11-13,15,17-24,27,30-70H2,1-2H3,(H,75,78)/b10-8-,16-14-,28-25-,29-26-. The summed E-state index contributed by atoms with van der Waals surface area (Å²) in [6.07, 6.45) is 90.2. The molecule has 2 unspecified atom stereocenters. The van der Waals surface area contributed by atoms with E-state index in [4.69, 9.17) is 4.74 Å². The van der Waals surface area contributed by atoms with Gasteiger partial charge in [-0.2, -0.15) is 0 Å². The maximum atomic E-state index is 12.6. The molecular formula is C74H139NO5. The van der Waals surface area contributed by atoms with Crippen molar-refractivity contribution >= 4 is 11.9 Å². The summed E-state index contributed by atoms with van der Waals surface area (Å²) in [5.74, 6) is -0.0434. The van der Waals surface area contributed by atoms with E-state index in [1.165, 1.54) is 295 Å². The summed E-state index contributed by atoms with van der Waals surface area (Å²) in [6.45, 7) is 4.91. The first-order valence-corrected chi connectivity index (χ1v) is 35.9. The average Bonchev–Trinajstić information content (AvgIpc) is 3.46. The van der Waals surface area contributed by atoms with Crippen LogP contribution in [0, 0.1) is 0 Å². The van der Waals surface area contributed by atoms with Gasteiger partial charge in [0.1, 0.15) is 0 Å². The molecule has 470 valence electrons. The number of aliphatic hydroxyl groups is 2. The van der Waals surface area contributed by atoms with Crippen LogP contribution in [0.3, 0.4) is 0 Å². The van der Waals surface area contributed by atoms with E-state index in [9.17, 15) is 19.8 Å². The molecule has 0 aromatic rings. The summed E-state index contributed by atoms with van der Waals surface area (Å²) < 4.78 is 5.47. The lowest BCUT2D eigenvalue weighted by molar-refractivity contribution is -0.143. The Morgan fingerprint density at radius 1 is 0.350 bits per heavy atom. The van der Waals surface area contributed by atoms with Crippen molar-refractivity contribution < 1.29 is 24.5 Å². The summed E-state index contributed by atoms with van der Waals surface area (Å²) in [5.41, 5.74) is 0. The number of carbonyl (C=O) groups excluding carboxylic acids is 2. The number of allylic oxidation sites excluding steroid dienone is 8. The molecule has 0 aliphatic carbocycles.